The van der Waals surface area contributed by atoms with E-state index >= 15 is 0 Å². The first-order valence-corrected chi connectivity index (χ1v) is 6.33. The Kier molecular flexibility index (Phi) is 3.21. The van der Waals surface area contributed by atoms with Gasteiger partial charge >= 0.3 is 0 Å². The van der Waals surface area contributed by atoms with E-state index in [0.717, 1.165) is 6.42 Å². The molecule has 13 heavy (non-hydrogen) atoms. The molecule has 1 aromatic rings. The quantitative estimate of drug-likeness (QED) is 0.825. The minimum absolute atomic E-state index is 0.0987. The Morgan fingerprint density at radius 3 is 2.62 bits per heavy atom. The number of H-pyrrole nitrogens is 1. The van der Waals surface area contributed by atoms with Crippen molar-refractivity contribution in [2.75, 3.05) is 0 Å². The molecule has 0 amide bonds. The van der Waals surface area contributed by atoms with Crippen LogP contribution in [0.15, 0.2) is 4.90 Å². The molecular formula is C6H8Cl2N2O2S. The average Bonchev–Trinajstić information content (AvgIpc) is 2.31. The Morgan fingerprint density at radius 2 is 2.15 bits per heavy atom. The van der Waals surface area contributed by atoms with Crippen molar-refractivity contribution in [2.24, 2.45) is 0 Å². The first-order valence-electron chi connectivity index (χ1n) is 3.64. The van der Waals surface area contributed by atoms with Gasteiger partial charge in [-0.25, -0.2) is 8.42 Å². The van der Waals surface area contributed by atoms with Gasteiger partial charge in [0.1, 0.15) is 4.90 Å². The Balaban J connectivity index is 3.25. The van der Waals surface area contributed by atoms with Crippen molar-refractivity contribution in [3.8, 4) is 0 Å². The van der Waals surface area contributed by atoms with Gasteiger partial charge in [-0.1, -0.05) is 24.9 Å². The fourth-order valence-electron chi connectivity index (χ4n) is 1.01. The average molecular weight is 243 g/mol. The lowest BCUT2D eigenvalue weighted by Crippen LogP contribution is -1.95. The van der Waals surface area contributed by atoms with Gasteiger partial charge in [-0.3, -0.25) is 5.10 Å². The van der Waals surface area contributed by atoms with Crippen molar-refractivity contribution < 1.29 is 8.42 Å². The zero-order valence-corrected chi connectivity index (χ0v) is 9.17. The van der Waals surface area contributed by atoms with Gasteiger partial charge in [-0.05, 0) is 6.42 Å². The molecule has 0 saturated carbocycles. The van der Waals surface area contributed by atoms with Crippen molar-refractivity contribution in [2.45, 2.75) is 24.7 Å². The Hall–Kier alpha value is -0.260. The third-order valence-electron chi connectivity index (χ3n) is 1.49. The SMILES string of the molecule is CCCc1[nH]nc(Cl)c1S(=O)(=O)Cl. The maximum absolute atomic E-state index is 11.0. The highest BCUT2D eigenvalue weighted by Crippen LogP contribution is 2.26. The summed E-state index contributed by atoms with van der Waals surface area (Å²) in [6.07, 6.45) is 1.35. The lowest BCUT2D eigenvalue weighted by Gasteiger charge is -1.96. The molecule has 0 aliphatic rings. The first-order chi connectivity index (χ1) is 5.96. The van der Waals surface area contributed by atoms with Gasteiger partial charge in [-0.15, -0.1) is 0 Å². The summed E-state index contributed by atoms with van der Waals surface area (Å²) in [6, 6.07) is 0. The standard InChI is InChI=1S/C6H8Cl2N2O2S/c1-2-3-4-5(13(8,11)12)6(7)10-9-4/h2-3H2,1H3,(H,9,10). The van der Waals surface area contributed by atoms with Gasteiger partial charge in [0, 0.05) is 10.7 Å². The number of halogens is 2. The molecule has 0 fully saturated rings. The Bertz CT molecular complexity index is 399. The smallest absolute Gasteiger partial charge is 0.266 e. The number of aromatic nitrogens is 2. The summed E-state index contributed by atoms with van der Waals surface area (Å²) in [6.45, 7) is 1.92. The van der Waals surface area contributed by atoms with E-state index in [1.807, 2.05) is 6.92 Å². The van der Waals surface area contributed by atoms with Crippen LogP contribution in [0.5, 0.6) is 0 Å². The van der Waals surface area contributed by atoms with E-state index < -0.39 is 9.05 Å². The summed E-state index contributed by atoms with van der Waals surface area (Å²) in [4.78, 5) is -0.0994. The first kappa shape index (κ1) is 10.8. The van der Waals surface area contributed by atoms with Gasteiger partial charge in [-0.2, -0.15) is 5.10 Å². The number of aromatic amines is 1. The molecule has 0 aliphatic heterocycles. The fourth-order valence-corrected chi connectivity index (χ4v) is 2.78. The molecule has 0 aliphatic carbocycles. The van der Waals surface area contributed by atoms with Crippen molar-refractivity contribution in [3.63, 3.8) is 0 Å². The third-order valence-corrected chi connectivity index (χ3v) is 3.27. The van der Waals surface area contributed by atoms with Crippen molar-refractivity contribution in [3.05, 3.63) is 10.8 Å². The fraction of sp³-hybridized carbons (Fsp3) is 0.500. The normalized spacial score (nSPS) is 11.9. The molecule has 0 saturated heterocycles. The van der Waals surface area contributed by atoms with Crippen LogP contribution in [0.4, 0.5) is 0 Å². The number of hydrogen-bond acceptors (Lipinski definition) is 3. The molecule has 1 aromatic heterocycles. The summed E-state index contributed by atoms with van der Waals surface area (Å²) >= 11 is 5.56. The van der Waals surface area contributed by atoms with Crippen LogP contribution in [0.2, 0.25) is 5.15 Å². The van der Waals surface area contributed by atoms with Crippen LogP contribution in [0.3, 0.4) is 0 Å². The van der Waals surface area contributed by atoms with E-state index in [-0.39, 0.29) is 10.0 Å². The van der Waals surface area contributed by atoms with Crippen LogP contribution in [-0.4, -0.2) is 18.6 Å². The molecule has 74 valence electrons. The molecular weight excluding hydrogens is 235 g/mol. The zero-order valence-electron chi connectivity index (χ0n) is 6.84. The predicted molar refractivity (Wildman–Crippen MR) is 50.6 cm³/mol. The van der Waals surface area contributed by atoms with E-state index in [1.54, 1.807) is 0 Å². The van der Waals surface area contributed by atoms with Crippen molar-refractivity contribution in [1.82, 2.24) is 10.2 Å². The van der Waals surface area contributed by atoms with Crippen LogP contribution in [0.25, 0.3) is 0 Å². The molecule has 0 radical (unpaired) electrons. The molecule has 4 nitrogen and oxygen atoms in total. The van der Waals surface area contributed by atoms with E-state index in [4.69, 9.17) is 22.3 Å². The Morgan fingerprint density at radius 1 is 1.54 bits per heavy atom. The van der Waals surface area contributed by atoms with Gasteiger partial charge in [0.2, 0.25) is 0 Å². The van der Waals surface area contributed by atoms with Crippen LogP contribution < -0.4 is 0 Å². The minimum Gasteiger partial charge on any atom is -0.280 e. The maximum Gasteiger partial charge on any atom is 0.266 e. The molecule has 1 N–H and O–H groups in total. The predicted octanol–water partition coefficient (Wildman–Crippen LogP) is 1.94. The number of aryl methyl sites for hydroxylation is 1. The van der Waals surface area contributed by atoms with E-state index in [1.165, 1.54) is 0 Å². The second-order valence-electron chi connectivity index (χ2n) is 2.51. The second kappa shape index (κ2) is 3.86. The highest BCUT2D eigenvalue weighted by Gasteiger charge is 2.22. The lowest BCUT2D eigenvalue weighted by atomic mass is 10.2. The summed E-state index contributed by atoms with van der Waals surface area (Å²) in [5.74, 6) is 0. The van der Waals surface area contributed by atoms with Crippen LogP contribution >= 0.6 is 22.3 Å². The van der Waals surface area contributed by atoms with Crippen LogP contribution in [-0.2, 0) is 15.5 Å². The van der Waals surface area contributed by atoms with Gasteiger partial charge in [0.05, 0.1) is 5.69 Å². The number of hydrogen-bond donors (Lipinski definition) is 1. The van der Waals surface area contributed by atoms with E-state index in [9.17, 15) is 8.42 Å². The molecule has 1 rings (SSSR count). The molecule has 0 bridgehead atoms. The number of nitrogens with zero attached hydrogens (tertiary/aromatic N) is 1. The third kappa shape index (κ3) is 2.36. The van der Waals surface area contributed by atoms with Crippen molar-refractivity contribution >= 4 is 31.3 Å². The zero-order chi connectivity index (χ0) is 10.1. The van der Waals surface area contributed by atoms with Gasteiger partial charge in [0.25, 0.3) is 9.05 Å². The monoisotopic (exact) mass is 242 g/mol. The van der Waals surface area contributed by atoms with Crippen LogP contribution in [0, 0.1) is 0 Å². The number of nitrogens with one attached hydrogen (secondary N) is 1. The van der Waals surface area contributed by atoms with Gasteiger partial charge < -0.3 is 0 Å². The minimum atomic E-state index is -3.80. The largest absolute Gasteiger partial charge is 0.280 e. The summed E-state index contributed by atoms with van der Waals surface area (Å²) in [5, 5.41) is 6.02. The van der Waals surface area contributed by atoms with Gasteiger partial charge in [0.15, 0.2) is 5.15 Å². The lowest BCUT2D eigenvalue weighted by molar-refractivity contribution is 0.608. The summed E-state index contributed by atoms with van der Waals surface area (Å²) in [5.41, 5.74) is 0.461. The Labute approximate surface area is 85.7 Å². The molecule has 7 heteroatoms. The number of rotatable bonds is 3. The molecule has 0 aromatic carbocycles. The second-order valence-corrected chi connectivity index (χ2v) is 5.37. The molecule has 0 unspecified atom stereocenters. The summed E-state index contributed by atoms with van der Waals surface area (Å²) in [7, 11) is 1.38. The van der Waals surface area contributed by atoms with Crippen LogP contribution in [0.1, 0.15) is 19.0 Å². The van der Waals surface area contributed by atoms with E-state index in [2.05, 4.69) is 10.2 Å². The molecule has 0 spiro atoms. The van der Waals surface area contributed by atoms with E-state index in [0.29, 0.717) is 12.1 Å². The molecule has 1 heterocycles. The van der Waals surface area contributed by atoms with Crippen molar-refractivity contribution in [1.29, 1.82) is 0 Å². The summed E-state index contributed by atoms with van der Waals surface area (Å²) < 4.78 is 22.1. The highest BCUT2D eigenvalue weighted by molar-refractivity contribution is 8.13. The highest BCUT2D eigenvalue weighted by atomic mass is 35.7. The topological polar surface area (TPSA) is 62.8 Å². The molecule has 0 atom stereocenters. The maximum atomic E-state index is 11.0.